The zero-order valence-electron chi connectivity index (χ0n) is 50.4. The summed E-state index contributed by atoms with van der Waals surface area (Å²) in [5, 5.41) is 11.8. The van der Waals surface area contributed by atoms with Crippen molar-refractivity contribution in [2.24, 2.45) is 0 Å². The molecule has 2 atom stereocenters. The highest BCUT2D eigenvalue weighted by molar-refractivity contribution is 5.70. The van der Waals surface area contributed by atoms with Crippen LogP contribution >= 0.6 is 0 Å². The molecule has 0 fully saturated rings. The number of hydrogen-bond donors (Lipinski definition) is 0. The quantitative estimate of drug-likeness (QED) is 0.0195. The molecule has 0 aromatic rings. The zero-order chi connectivity index (χ0) is 55.5. The van der Waals surface area contributed by atoms with Crippen LogP contribution < -0.4 is 5.11 Å². The Kier molecular flexibility index (Phi) is 55.8. The van der Waals surface area contributed by atoms with E-state index in [0.29, 0.717) is 23.9 Å². The number of rotatable bonds is 59. The number of carboxylic acids is 1. The Hall–Kier alpha value is -3.01. The number of esters is 2. The van der Waals surface area contributed by atoms with E-state index in [9.17, 15) is 19.5 Å². The Morgan fingerprint density at radius 2 is 0.750 bits per heavy atom. The third-order valence-electron chi connectivity index (χ3n) is 14.0. The molecular weight excluding hydrogens is 947 g/mol. The number of carboxylic acid groups (broad SMARTS) is 1. The lowest BCUT2D eigenvalue weighted by Gasteiger charge is -2.26. The lowest BCUT2D eigenvalue weighted by molar-refractivity contribution is -0.870. The summed E-state index contributed by atoms with van der Waals surface area (Å²) in [6.07, 6.45) is 71.4. The van der Waals surface area contributed by atoms with Crippen molar-refractivity contribution >= 4 is 17.9 Å². The summed E-state index contributed by atoms with van der Waals surface area (Å²) in [7, 11) is 5.93. The Balaban J connectivity index is 4.13. The molecule has 0 saturated carbocycles. The molecule has 0 bridgehead atoms. The summed E-state index contributed by atoms with van der Waals surface area (Å²) in [5.74, 6) is -2.27. The van der Waals surface area contributed by atoms with Crippen LogP contribution in [-0.2, 0) is 33.3 Å². The normalized spacial score (nSPS) is 13.1. The molecule has 0 aliphatic carbocycles. The van der Waals surface area contributed by atoms with Gasteiger partial charge in [0, 0.05) is 12.8 Å². The van der Waals surface area contributed by atoms with Gasteiger partial charge in [-0.1, -0.05) is 280 Å². The molecule has 9 nitrogen and oxygen atoms in total. The zero-order valence-corrected chi connectivity index (χ0v) is 50.4. The fourth-order valence-corrected chi connectivity index (χ4v) is 9.15. The number of hydrogen-bond acceptors (Lipinski definition) is 8. The molecule has 0 spiro atoms. The largest absolute Gasteiger partial charge is 0.545 e. The maximum Gasteiger partial charge on any atom is 0.306 e. The standard InChI is InChI=1S/C67H121NO8/c1-6-8-10-12-14-16-18-20-22-24-26-28-29-30-31-32-33-34-35-36-37-38-40-42-44-46-48-50-52-54-56-58-65(70)76-63(62-75-67(66(71)72)73-60-59-68(3,4)5)61-74-64(69)57-55-53-51-49-47-45-43-41-39-27-25-23-21-19-17-15-13-11-9-7-2/h8,10,14,16,20,22,26,28,30-31,63,67H,6-7,9,11-13,15,17-19,21,23-25,27,29,32-62H2,1-5H3/b10-8-,16-14-,22-20-,28-26-,31-30-. The van der Waals surface area contributed by atoms with Crippen LogP contribution in [0.4, 0.5) is 0 Å². The molecule has 76 heavy (non-hydrogen) atoms. The number of ether oxygens (including phenoxy) is 4. The predicted molar refractivity (Wildman–Crippen MR) is 320 cm³/mol. The Morgan fingerprint density at radius 3 is 1.12 bits per heavy atom. The van der Waals surface area contributed by atoms with Gasteiger partial charge >= 0.3 is 11.9 Å². The first-order valence-electron chi connectivity index (χ1n) is 31.9. The van der Waals surface area contributed by atoms with Crippen molar-refractivity contribution in [3.63, 3.8) is 0 Å². The number of aliphatic carboxylic acids is 1. The molecule has 0 saturated heterocycles. The molecule has 0 aliphatic heterocycles. The number of carbonyl (C=O) groups is 3. The first kappa shape index (κ1) is 73.0. The molecule has 2 unspecified atom stereocenters. The van der Waals surface area contributed by atoms with Crippen LogP contribution in [0.15, 0.2) is 60.8 Å². The summed E-state index contributed by atoms with van der Waals surface area (Å²) in [4.78, 5) is 37.4. The minimum Gasteiger partial charge on any atom is -0.545 e. The van der Waals surface area contributed by atoms with Crippen LogP contribution in [-0.4, -0.2) is 82.3 Å². The minimum absolute atomic E-state index is 0.149. The Labute approximate surface area is 469 Å². The van der Waals surface area contributed by atoms with Crippen molar-refractivity contribution in [2.45, 2.75) is 302 Å². The van der Waals surface area contributed by atoms with E-state index in [-0.39, 0.29) is 32.2 Å². The number of quaternary nitrogens is 1. The van der Waals surface area contributed by atoms with Crippen molar-refractivity contribution in [1.29, 1.82) is 0 Å². The molecule has 0 aromatic carbocycles. The average molecular weight is 1070 g/mol. The molecule has 0 heterocycles. The van der Waals surface area contributed by atoms with Crippen LogP contribution in [0.1, 0.15) is 290 Å². The summed E-state index contributed by atoms with van der Waals surface area (Å²) < 4.78 is 22.8. The second-order valence-corrected chi connectivity index (χ2v) is 22.7. The molecular formula is C67H121NO8. The first-order valence-corrected chi connectivity index (χ1v) is 31.9. The first-order chi connectivity index (χ1) is 37.1. The molecule has 0 radical (unpaired) electrons. The molecule has 9 heteroatoms. The average Bonchev–Trinajstić information content (AvgIpc) is 3.39. The second-order valence-electron chi connectivity index (χ2n) is 22.7. The van der Waals surface area contributed by atoms with Gasteiger partial charge < -0.3 is 33.3 Å². The van der Waals surface area contributed by atoms with E-state index in [2.05, 4.69) is 74.6 Å². The third-order valence-corrected chi connectivity index (χ3v) is 14.0. The van der Waals surface area contributed by atoms with Crippen LogP contribution in [0.5, 0.6) is 0 Å². The Morgan fingerprint density at radius 1 is 0.408 bits per heavy atom. The van der Waals surface area contributed by atoms with E-state index in [1.54, 1.807) is 0 Å². The van der Waals surface area contributed by atoms with Crippen LogP contribution in [0.3, 0.4) is 0 Å². The number of nitrogens with zero attached hydrogens (tertiary/aromatic N) is 1. The molecule has 0 rings (SSSR count). The minimum atomic E-state index is -1.62. The molecule has 0 amide bonds. The van der Waals surface area contributed by atoms with Gasteiger partial charge in [-0.3, -0.25) is 9.59 Å². The maximum absolute atomic E-state index is 12.9. The summed E-state index contributed by atoms with van der Waals surface area (Å²) >= 11 is 0. The molecule has 0 N–H and O–H groups in total. The fourth-order valence-electron chi connectivity index (χ4n) is 9.15. The van der Waals surface area contributed by atoms with Gasteiger partial charge in [-0.2, -0.15) is 0 Å². The smallest absolute Gasteiger partial charge is 0.306 e. The van der Waals surface area contributed by atoms with Gasteiger partial charge in [0.25, 0.3) is 0 Å². The highest BCUT2D eigenvalue weighted by Gasteiger charge is 2.22. The van der Waals surface area contributed by atoms with Gasteiger partial charge in [0.05, 0.1) is 40.3 Å². The van der Waals surface area contributed by atoms with Crippen LogP contribution in [0.25, 0.3) is 0 Å². The van der Waals surface area contributed by atoms with E-state index >= 15 is 0 Å². The SMILES string of the molecule is CC/C=C\C/C=C\C/C=C\C/C=C\C/C=C\CCCCCCCCCCCCCCCCCC(=O)OC(COC(=O)CCCCCCCCCCCCCCCCCCCCCC)COC(OCC[N+](C)(C)C)C(=O)[O-]. The molecule has 442 valence electrons. The lowest BCUT2D eigenvalue weighted by Crippen LogP contribution is -2.44. The van der Waals surface area contributed by atoms with Gasteiger partial charge in [-0.05, 0) is 57.8 Å². The summed E-state index contributed by atoms with van der Waals surface area (Å²) in [5.41, 5.74) is 0. The molecule has 0 aliphatic rings. The number of allylic oxidation sites excluding steroid dienone is 10. The van der Waals surface area contributed by atoms with Gasteiger partial charge in [0.1, 0.15) is 13.2 Å². The number of likely N-dealkylation sites (N-methyl/N-ethyl adjacent to an activating group) is 1. The number of unbranched alkanes of at least 4 members (excludes halogenated alkanes) is 34. The van der Waals surface area contributed by atoms with E-state index in [0.717, 1.165) is 64.2 Å². The summed E-state index contributed by atoms with van der Waals surface area (Å²) in [6, 6.07) is 0. The highest BCUT2D eigenvalue weighted by Crippen LogP contribution is 2.18. The highest BCUT2D eigenvalue weighted by atomic mass is 16.7. The topological polar surface area (TPSA) is 111 Å². The monoisotopic (exact) mass is 1070 g/mol. The van der Waals surface area contributed by atoms with Crippen LogP contribution in [0.2, 0.25) is 0 Å². The van der Waals surface area contributed by atoms with Gasteiger partial charge in [0.15, 0.2) is 12.4 Å². The Bertz CT molecular complexity index is 1430. The van der Waals surface area contributed by atoms with E-state index in [4.69, 9.17) is 18.9 Å². The van der Waals surface area contributed by atoms with Crippen molar-refractivity contribution < 1.29 is 42.9 Å². The predicted octanol–water partition coefficient (Wildman–Crippen LogP) is 17.9. The number of carbonyl (C=O) groups excluding carboxylic acids is 3. The van der Waals surface area contributed by atoms with E-state index < -0.39 is 24.3 Å². The fraction of sp³-hybridized carbons (Fsp3) is 0.806. The van der Waals surface area contributed by atoms with Crippen molar-refractivity contribution in [3.8, 4) is 0 Å². The van der Waals surface area contributed by atoms with Gasteiger partial charge in [-0.25, -0.2) is 0 Å². The van der Waals surface area contributed by atoms with Crippen molar-refractivity contribution in [2.75, 3.05) is 47.5 Å². The van der Waals surface area contributed by atoms with Gasteiger partial charge in [-0.15, -0.1) is 0 Å². The molecule has 0 aromatic heterocycles. The lowest BCUT2D eigenvalue weighted by atomic mass is 10.0. The second kappa shape index (κ2) is 58.1. The van der Waals surface area contributed by atoms with Crippen molar-refractivity contribution in [3.05, 3.63) is 60.8 Å². The third kappa shape index (κ3) is 58.7. The van der Waals surface area contributed by atoms with E-state index in [1.807, 2.05) is 21.1 Å². The van der Waals surface area contributed by atoms with Crippen molar-refractivity contribution in [1.82, 2.24) is 0 Å². The maximum atomic E-state index is 12.9. The van der Waals surface area contributed by atoms with E-state index in [1.165, 1.54) is 193 Å². The van der Waals surface area contributed by atoms with Crippen LogP contribution in [0, 0.1) is 0 Å². The van der Waals surface area contributed by atoms with Gasteiger partial charge in [0.2, 0.25) is 0 Å². The summed E-state index contributed by atoms with van der Waals surface area (Å²) in [6.45, 7) is 4.68.